The first-order valence-electron chi connectivity index (χ1n) is 11.1. The number of hydrogen-bond donors (Lipinski definition) is 1. The number of carbonyl (C=O) groups excluding carboxylic acids is 1. The molecule has 0 aliphatic carbocycles. The smallest absolute Gasteiger partial charge is 0.255 e. The minimum atomic E-state index is -0.104. The van der Waals surface area contributed by atoms with E-state index in [1.807, 2.05) is 37.3 Å². The van der Waals surface area contributed by atoms with Gasteiger partial charge in [0.05, 0.1) is 17.3 Å². The molecule has 1 amide bonds. The van der Waals surface area contributed by atoms with Crippen LogP contribution in [0.1, 0.15) is 58.3 Å². The van der Waals surface area contributed by atoms with Crippen molar-refractivity contribution in [3.63, 3.8) is 0 Å². The Morgan fingerprint density at radius 2 is 1.74 bits per heavy atom. The highest BCUT2D eigenvalue weighted by Gasteiger charge is 2.29. The number of nitrogens with zero attached hydrogens (tertiary/aromatic N) is 3. The van der Waals surface area contributed by atoms with Crippen LogP contribution in [0.4, 0.5) is 0 Å². The van der Waals surface area contributed by atoms with Crippen molar-refractivity contribution >= 4 is 5.91 Å². The second-order valence-electron chi connectivity index (χ2n) is 8.17. The minimum Gasteiger partial charge on any atom is -0.348 e. The second-order valence-corrected chi connectivity index (χ2v) is 8.17. The first kappa shape index (κ1) is 21.2. The van der Waals surface area contributed by atoms with Crippen molar-refractivity contribution in [1.82, 2.24) is 20.2 Å². The summed E-state index contributed by atoms with van der Waals surface area (Å²) in [5, 5.41) is 3.05. The molecule has 31 heavy (non-hydrogen) atoms. The summed E-state index contributed by atoms with van der Waals surface area (Å²) in [4.78, 5) is 24.7. The van der Waals surface area contributed by atoms with Gasteiger partial charge in [0.2, 0.25) is 0 Å². The molecule has 3 aromatic rings. The first-order valence-corrected chi connectivity index (χ1v) is 11.1. The van der Waals surface area contributed by atoms with E-state index in [4.69, 9.17) is 4.98 Å². The maximum absolute atomic E-state index is 13.1. The SMILES string of the molecule is Cc1ncc(C(=O)NCc2ccccc2)c(C2CCCCN2CCc2ccccc2)n1. The van der Waals surface area contributed by atoms with E-state index in [-0.39, 0.29) is 11.9 Å². The molecule has 1 N–H and O–H groups in total. The minimum absolute atomic E-state index is 0.104. The van der Waals surface area contributed by atoms with Gasteiger partial charge >= 0.3 is 0 Å². The lowest BCUT2D eigenvalue weighted by atomic mass is 9.95. The average Bonchev–Trinajstić information content (AvgIpc) is 2.82. The van der Waals surface area contributed by atoms with Gasteiger partial charge in [0.1, 0.15) is 5.82 Å². The van der Waals surface area contributed by atoms with Crippen LogP contribution >= 0.6 is 0 Å². The zero-order valence-electron chi connectivity index (χ0n) is 18.1. The van der Waals surface area contributed by atoms with E-state index < -0.39 is 0 Å². The topological polar surface area (TPSA) is 58.1 Å². The molecule has 1 unspecified atom stereocenters. The number of carbonyl (C=O) groups is 1. The molecular formula is C26H30N4O. The lowest BCUT2D eigenvalue weighted by molar-refractivity contribution is 0.0940. The standard InChI is InChI=1S/C26H30N4O/c1-20-27-19-23(26(31)28-18-22-12-6-3-7-13-22)25(29-20)24-14-8-9-16-30(24)17-15-21-10-4-2-5-11-21/h2-7,10-13,19,24H,8-9,14-18H2,1H3,(H,28,31). The Morgan fingerprint density at radius 3 is 2.48 bits per heavy atom. The summed E-state index contributed by atoms with van der Waals surface area (Å²) in [6.07, 6.45) is 6.05. The van der Waals surface area contributed by atoms with E-state index in [1.165, 1.54) is 12.0 Å². The Hall–Kier alpha value is -3.05. The number of piperidine rings is 1. The van der Waals surface area contributed by atoms with Crippen LogP contribution in [-0.4, -0.2) is 33.9 Å². The molecule has 160 valence electrons. The average molecular weight is 415 g/mol. The van der Waals surface area contributed by atoms with Crippen LogP contribution in [-0.2, 0) is 13.0 Å². The van der Waals surface area contributed by atoms with Crippen LogP contribution < -0.4 is 5.32 Å². The van der Waals surface area contributed by atoms with Gasteiger partial charge in [0, 0.05) is 19.3 Å². The molecule has 2 heterocycles. The molecule has 0 saturated carbocycles. The number of nitrogens with one attached hydrogen (secondary N) is 1. The Labute approximate surface area is 184 Å². The lowest BCUT2D eigenvalue weighted by Gasteiger charge is -2.36. The number of likely N-dealkylation sites (tertiary alicyclic amines) is 1. The fraction of sp³-hybridized carbons (Fsp3) is 0.346. The number of aryl methyl sites for hydroxylation is 1. The van der Waals surface area contributed by atoms with Gasteiger partial charge in [-0.3, -0.25) is 9.69 Å². The highest BCUT2D eigenvalue weighted by Crippen LogP contribution is 2.31. The van der Waals surface area contributed by atoms with Gasteiger partial charge in [0.25, 0.3) is 5.91 Å². The van der Waals surface area contributed by atoms with Crippen molar-refractivity contribution in [2.45, 2.75) is 45.2 Å². The highest BCUT2D eigenvalue weighted by atomic mass is 16.1. The molecule has 0 bridgehead atoms. The fourth-order valence-corrected chi connectivity index (χ4v) is 4.28. The predicted octanol–water partition coefficient (Wildman–Crippen LogP) is 4.48. The maximum atomic E-state index is 13.1. The van der Waals surface area contributed by atoms with Gasteiger partial charge < -0.3 is 5.32 Å². The highest BCUT2D eigenvalue weighted by molar-refractivity contribution is 5.95. The molecule has 0 spiro atoms. The number of benzene rings is 2. The van der Waals surface area contributed by atoms with Crippen LogP contribution in [0.3, 0.4) is 0 Å². The summed E-state index contributed by atoms with van der Waals surface area (Å²) in [7, 11) is 0. The van der Waals surface area contributed by atoms with E-state index in [2.05, 4.69) is 45.5 Å². The molecular weight excluding hydrogens is 384 g/mol. The van der Waals surface area contributed by atoms with Crippen molar-refractivity contribution in [2.24, 2.45) is 0 Å². The van der Waals surface area contributed by atoms with Crippen LogP contribution in [0.5, 0.6) is 0 Å². The third kappa shape index (κ3) is 5.56. The van der Waals surface area contributed by atoms with E-state index in [0.717, 1.165) is 43.6 Å². The molecule has 1 saturated heterocycles. The summed E-state index contributed by atoms with van der Waals surface area (Å²) < 4.78 is 0. The molecule has 1 aliphatic rings. The Kier molecular flexibility index (Phi) is 7.05. The van der Waals surface area contributed by atoms with Gasteiger partial charge in [-0.05, 0) is 43.9 Å². The quantitative estimate of drug-likeness (QED) is 0.619. The monoisotopic (exact) mass is 414 g/mol. The number of amides is 1. The zero-order valence-corrected chi connectivity index (χ0v) is 18.1. The Balaban J connectivity index is 1.52. The molecule has 1 aliphatic heterocycles. The number of aromatic nitrogens is 2. The maximum Gasteiger partial charge on any atom is 0.255 e. The summed E-state index contributed by atoms with van der Waals surface area (Å²) in [6.45, 7) is 4.39. The molecule has 2 aromatic carbocycles. The van der Waals surface area contributed by atoms with Crippen molar-refractivity contribution in [2.75, 3.05) is 13.1 Å². The predicted molar refractivity (Wildman–Crippen MR) is 123 cm³/mol. The lowest BCUT2D eigenvalue weighted by Crippen LogP contribution is -2.37. The fourth-order valence-electron chi connectivity index (χ4n) is 4.28. The zero-order chi connectivity index (χ0) is 21.5. The molecule has 4 rings (SSSR count). The molecule has 1 aromatic heterocycles. The van der Waals surface area contributed by atoms with E-state index >= 15 is 0 Å². The van der Waals surface area contributed by atoms with Crippen LogP contribution in [0, 0.1) is 6.92 Å². The molecule has 1 fully saturated rings. The van der Waals surface area contributed by atoms with Gasteiger partial charge in [-0.1, -0.05) is 67.1 Å². The first-order chi connectivity index (χ1) is 15.2. The third-order valence-corrected chi connectivity index (χ3v) is 5.94. The molecule has 1 atom stereocenters. The summed E-state index contributed by atoms with van der Waals surface area (Å²) in [5.74, 6) is 0.607. The van der Waals surface area contributed by atoms with Gasteiger partial charge in [-0.25, -0.2) is 9.97 Å². The second kappa shape index (κ2) is 10.3. The van der Waals surface area contributed by atoms with Crippen molar-refractivity contribution in [3.05, 3.63) is 95.1 Å². The largest absolute Gasteiger partial charge is 0.348 e. The molecule has 0 radical (unpaired) electrons. The normalized spacial score (nSPS) is 16.7. The Bertz CT molecular complexity index is 991. The Morgan fingerprint density at radius 1 is 1.03 bits per heavy atom. The molecule has 5 heteroatoms. The van der Waals surface area contributed by atoms with Crippen molar-refractivity contribution in [1.29, 1.82) is 0 Å². The summed E-state index contributed by atoms with van der Waals surface area (Å²) in [6, 6.07) is 20.7. The van der Waals surface area contributed by atoms with Gasteiger partial charge in [-0.15, -0.1) is 0 Å². The van der Waals surface area contributed by atoms with E-state index in [0.29, 0.717) is 17.9 Å². The van der Waals surface area contributed by atoms with Crippen molar-refractivity contribution in [3.8, 4) is 0 Å². The van der Waals surface area contributed by atoms with Crippen LogP contribution in [0.2, 0.25) is 0 Å². The third-order valence-electron chi connectivity index (χ3n) is 5.94. The van der Waals surface area contributed by atoms with E-state index in [1.54, 1.807) is 6.20 Å². The van der Waals surface area contributed by atoms with Crippen LogP contribution in [0.25, 0.3) is 0 Å². The van der Waals surface area contributed by atoms with E-state index in [9.17, 15) is 4.79 Å². The van der Waals surface area contributed by atoms with Gasteiger partial charge in [0.15, 0.2) is 0 Å². The number of rotatable bonds is 7. The van der Waals surface area contributed by atoms with Gasteiger partial charge in [-0.2, -0.15) is 0 Å². The number of hydrogen-bond acceptors (Lipinski definition) is 4. The molecule has 5 nitrogen and oxygen atoms in total. The summed E-state index contributed by atoms with van der Waals surface area (Å²) in [5.41, 5.74) is 3.88. The van der Waals surface area contributed by atoms with Crippen molar-refractivity contribution < 1.29 is 4.79 Å². The summed E-state index contributed by atoms with van der Waals surface area (Å²) >= 11 is 0. The van der Waals surface area contributed by atoms with Crippen LogP contribution in [0.15, 0.2) is 66.9 Å².